The predicted molar refractivity (Wildman–Crippen MR) is 61.5 cm³/mol. The summed E-state index contributed by atoms with van der Waals surface area (Å²) in [7, 11) is 1.57. The first-order chi connectivity index (χ1) is 7.72. The van der Waals surface area contributed by atoms with Crippen LogP contribution in [0.1, 0.15) is 16.8 Å². The van der Waals surface area contributed by atoms with Gasteiger partial charge in [-0.1, -0.05) is 12.1 Å². The Morgan fingerprint density at radius 2 is 2.25 bits per heavy atom. The van der Waals surface area contributed by atoms with Gasteiger partial charge in [0.25, 0.3) is 5.91 Å². The van der Waals surface area contributed by atoms with Crippen LogP contribution in [0, 0.1) is 0 Å². The van der Waals surface area contributed by atoms with Crippen LogP contribution in [0.4, 0.5) is 0 Å². The van der Waals surface area contributed by atoms with E-state index >= 15 is 0 Å². The van der Waals surface area contributed by atoms with E-state index < -0.39 is 0 Å². The molecule has 0 saturated carbocycles. The van der Waals surface area contributed by atoms with Gasteiger partial charge in [-0.25, -0.2) is 0 Å². The Bertz CT molecular complexity index is 392. The van der Waals surface area contributed by atoms with Gasteiger partial charge in [-0.2, -0.15) is 0 Å². The molecule has 1 atom stereocenters. The Labute approximate surface area is 95.0 Å². The zero-order valence-electron chi connectivity index (χ0n) is 9.35. The lowest BCUT2D eigenvalue weighted by molar-refractivity contribution is 0.0787. The fourth-order valence-corrected chi connectivity index (χ4v) is 1.96. The molecule has 4 heteroatoms. The molecule has 1 fully saturated rings. The largest absolute Gasteiger partial charge is 0.496 e. The SMILES string of the molecule is COc1ccccc1C(=O)N1CC[C@H](N)C1. The van der Waals surface area contributed by atoms with Gasteiger partial charge in [0, 0.05) is 19.1 Å². The molecule has 0 radical (unpaired) electrons. The van der Waals surface area contributed by atoms with Gasteiger partial charge in [-0.15, -0.1) is 0 Å². The van der Waals surface area contributed by atoms with Gasteiger partial charge >= 0.3 is 0 Å². The van der Waals surface area contributed by atoms with Crippen LogP contribution in [0.15, 0.2) is 24.3 Å². The first-order valence-corrected chi connectivity index (χ1v) is 5.40. The average molecular weight is 220 g/mol. The Morgan fingerprint density at radius 1 is 1.50 bits per heavy atom. The first-order valence-electron chi connectivity index (χ1n) is 5.40. The van der Waals surface area contributed by atoms with Crippen LogP contribution in [0.3, 0.4) is 0 Å². The topological polar surface area (TPSA) is 55.6 Å². The average Bonchev–Trinajstić information content (AvgIpc) is 2.75. The number of methoxy groups -OCH3 is 1. The van der Waals surface area contributed by atoms with E-state index in [1.54, 1.807) is 24.1 Å². The van der Waals surface area contributed by atoms with E-state index in [1.807, 2.05) is 12.1 Å². The standard InChI is InChI=1S/C12H16N2O2/c1-16-11-5-3-2-4-10(11)12(15)14-7-6-9(13)8-14/h2-5,9H,6-8,13H2,1H3/t9-/m0/s1. The van der Waals surface area contributed by atoms with Crippen LogP contribution >= 0.6 is 0 Å². The maximum Gasteiger partial charge on any atom is 0.257 e. The van der Waals surface area contributed by atoms with Crippen LogP contribution in [0.2, 0.25) is 0 Å². The maximum absolute atomic E-state index is 12.2. The molecule has 86 valence electrons. The Morgan fingerprint density at radius 3 is 2.88 bits per heavy atom. The minimum absolute atomic E-state index is 0.00500. The number of hydrogen-bond donors (Lipinski definition) is 1. The van der Waals surface area contributed by atoms with E-state index in [1.165, 1.54) is 0 Å². The van der Waals surface area contributed by atoms with Crippen molar-refractivity contribution in [1.29, 1.82) is 0 Å². The molecule has 1 aromatic carbocycles. The Balaban J connectivity index is 2.20. The summed E-state index contributed by atoms with van der Waals surface area (Å²) >= 11 is 0. The summed E-state index contributed by atoms with van der Waals surface area (Å²) in [6.45, 7) is 1.37. The van der Waals surface area contributed by atoms with E-state index in [2.05, 4.69) is 0 Å². The molecule has 1 amide bonds. The van der Waals surface area contributed by atoms with Gasteiger partial charge in [-0.3, -0.25) is 4.79 Å². The van der Waals surface area contributed by atoms with E-state index in [-0.39, 0.29) is 11.9 Å². The third kappa shape index (κ3) is 2.02. The quantitative estimate of drug-likeness (QED) is 0.804. The smallest absolute Gasteiger partial charge is 0.257 e. The molecule has 1 heterocycles. The molecule has 0 unspecified atom stereocenters. The molecular weight excluding hydrogens is 204 g/mol. The zero-order valence-corrected chi connectivity index (χ0v) is 9.35. The number of nitrogens with zero attached hydrogens (tertiary/aromatic N) is 1. The number of para-hydroxylation sites is 1. The van der Waals surface area contributed by atoms with E-state index in [9.17, 15) is 4.79 Å². The molecule has 1 saturated heterocycles. The number of rotatable bonds is 2. The van der Waals surface area contributed by atoms with Crippen molar-refractivity contribution in [2.45, 2.75) is 12.5 Å². The third-order valence-electron chi connectivity index (χ3n) is 2.85. The summed E-state index contributed by atoms with van der Waals surface area (Å²) in [6, 6.07) is 7.38. The lowest BCUT2D eigenvalue weighted by Crippen LogP contribution is -2.32. The second-order valence-electron chi connectivity index (χ2n) is 4.00. The number of carbonyl (C=O) groups excluding carboxylic acids is 1. The molecule has 1 aliphatic heterocycles. The number of carbonyl (C=O) groups is 1. The number of ether oxygens (including phenoxy) is 1. The summed E-state index contributed by atoms with van der Waals surface area (Å²) in [6.07, 6.45) is 0.876. The van der Waals surface area contributed by atoms with Crippen molar-refractivity contribution in [3.05, 3.63) is 29.8 Å². The summed E-state index contributed by atoms with van der Waals surface area (Å²) in [5, 5.41) is 0. The second kappa shape index (κ2) is 4.53. The normalized spacial score (nSPS) is 19.9. The Kier molecular flexibility index (Phi) is 3.10. The third-order valence-corrected chi connectivity index (χ3v) is 2.85. The van der Waals surface area contributed by atoms with E-state index in [0.717, 1.165) is 13.0 Å². The van der Waals surface area contributed by atoms with Crippen LogP contribution < -0.4 is 10.5 Å². The Hall–Kier alpha value is -1.55. The summed E-state index contributed by atoms with van der Waals surface area (Å²) in [4.78, 5) is 13.9. The summed E-state index contributed by atoms with van der Waals surface area (Å²) in [5.74, 6) is 0.623. The van der Waals surface area contributed by atoms with Crippen molar-refractivity contribution in [3.8, 4) is 5.75 Å². The number of hydrogen-bond acceptors (Lipinski definition) is 3. The van der Waals surface area contributed by atoms with Gasteiger partial charge < -0.3 is 15.4 Å². The van der Waals surface area contributed by atoms with Gasteiger partial charge in [0.2, 0.25) is 0 Å². The molecule has 2 N–H and O–H groups in total. The fraction of sp³-hybridized carbons (Fsp3) is 0.417. The minimum atomic E-state index is 0.00500. The number of benzene rings is 1. The lowest BCUT2D eigenvalue weighted by Gasteiger charge is -2.17. The van der Waals surface area contributed by atoms with Crippen LogP contribution in [-0.4, -0.2) is 37.0 Å². The fourth-order valence-electron chi connectivity index (χ4n) is 1.96. The van der Waals surface area contributed by atoms with Crippen molar-refractivity contribution < 1.29 is 9.53 Å². The van der Waals surface area contributed by atoms with Crippen molar-refractivity contribution in [3.63, 3.8) is 0 Å². The van der Waals surface area contributed by atoms with Crippen molar-refractivity contribution in [2.24, 2.45) is 5.73 Å². The van der Waals surface area contributed by atoms with Crippen LogP contribution in [-0.2, 0) is 0 Å². The molecular formula is C12H16N2O2. The molecule has 4 nitrogen and oxygen atoms in total. The highest BCUT2D eigenvalue weighted by atomic mass is 16.5. The monoisotopic (exact) mass is 220 g/mol. The molecule has 0 bridgehead atoms. The second-order valence-corrected chi connectivity index (χ2v) is 4.00. The minimum Gasteiger partial charge on any atom is -0.496 e. The van der Waals surface area contributed by atoms with Crippen molar-refractivity contribution in [2.75, 3.05) is 20.2 Å². The molecule has 2 rings (SSSR count). The summed E-state index contributed by atoms with van der Waals surface area (Å²) in [5.41, 5.74) is 6.40. The van der Waals surface area contributed by atoms with Gasteiger partial charge in [0.05, 0.1) is 12.7 Å². The van der Waals surface area contributed by atoms with Crippen LogP contribution in [0.25, 0.3) is 0 Å². The first kappa shape index (κ1) is 11.0. The van der Waals surface area contributed by atoms with Gasteiger partial charge in [0.1, 0.15) is 5.75 Å². The molecule has 0 spiro atoms. The molecule has 1 aliphatic rings. The maximum atomic E-state index is 12.2. The highest BCUT2D eigenvalue weighted by molar-refractivity contribution is 5.97. The van der Waals surface area contributed by atoms with E-state index in [4.69, 9.17) is 10.5 Å². The predicted octanol–water partition coefficient (Wildman–Crippen LogP) is 0.868. The lowest BCUT2D eigenvalue weighted by atomic mass is 10.2. The van der Waals surface area contributed by atoms with Gasteiger partial charge in [0.15, 0.2) is 0 Å². The van der Waals surface area contributed by atoms with Crippen molar-refractivity contribution in [1.82, 2.24) is 4.90 Å². The van der Waals surface area contributed by atoms with Crippen molar-refractivity contribution >= 4 is 5.91 Å². The highest BCUT2D eigenvalue weighted by Gasteiger charge is 2.25. The highest BCUT2D eigenvalue weighted by Crippen LogP contribution is 2.21. The van der Waals surface area contributed by atoms with Crippen LogP contribution in [0.5, 0.6) is 5.75 Å². The molecule has 0 aromatic heterocycles. The van der Waals surface area contributed by atoms with Gasteiger partial charge in [-0.05, 0) is 18.6 Å². The molecule has 16 heavy (non-hydrogen) atoms. The summed E-state index contributed by atoms with van der Waals surface area (Å²) < 4.78 is 5.17. The van der Waals surface area contributed by atoms with E-state index in [0.29, 0.717) is 17.9 Å². The molecule has 1 aromatic rings. The number of likely N-dealkylation sites (tertiary alicyclic amines) is 1. The molecule has 0 aliphatic carbocycles. The number of nitrogens with two attached hydrogens (primary N) is 1. The number of amides is 1. The zero-order chi connectivity index (χ0) is 11.5.